The van der Waals surface area contributed by atoms with Crippen LogP contribution in [0, 0.1) is 23.2 Å². The zero-order chi connectivity index (χ0) is 11.5. The number of benzene rings is 1. The molecule has 3 heteroatoms. The van der Waals surface area contributed by atoms with Crippen LogP contribution in [-0.2, 0) is 0 Å². The van der Waals surface area contributed by atoms with E-state index in [1.54, 1.807) is 6.07 Å². The van der Waals surface area contributed by atoms with Crippen LogP contribution in [0.1, 0.15) is 25.3 Å². The van der Waals surface area contributed by atoms with Gasteiger partial charge in [0.25, 0.3) is 0 Å². The number of hydrogen-bond donors (Lipinski definition) is 2. The molecule has 1 aliphatic rings. The van der Waals surface area contributed by atoms with Gasteiger partial charge in [0, 0.05) is 12.2 Å². The summed E-state index contributed by atoms with van der Waals surface area (Å²) in [6.07, 6.45) is 2.75. The lowest BCUT2D eigenvalue weighted by Gasteiger charge is -2.13. The molecule has 0 aliphatic heterocycles. The van der Waals surface area contributed by atoms with Crippen LogP contribution in [-0.4, -0.2) is 6.54 Å². The van der Waals surface area contributed by atoms with Crippen molar-refractivity contribution in [3.05, 3.63) is 23.8 Å². The van der Waals surface area contributed by atoms with E-state index < -0.39 is 0 Å². The molecule has 0 aromatic heterocycles. The molecule has 0 heterocycles. The number of anilines is 2. The van der Waals surface area contributed by atoms with E-state index in [4.69, 9.17) is 11.0 Å². The average molecular weight is 215 g/mol. The highest BCUT2D eigenvalue weighted by Crippen LogP contribution is 2.36. The largest absolute Gasteiger partial charge is 0.398 e. The molecule has 1 unspecified atom stereocenters. The lowest BCUT2D eigenvalue weighted by Crippen LogP contribution is -2.13. The highest BCUT2D eigenvalue weighted by molar-refractivity contribution is 5.62. The van der Waals surface area contributed by atoms with Crippen LogP contribution < -0.4 is 11.1 Å². The van der Waals surface area contributed by atoms with Gasteiger partial charge in [-0.2, -0.15) is 5.26 Å². The summed E-state index contributed by atoms with van der Waals surface area (Å²) in [4.78, 5) is 0. The van der Waals surface area contributed by atoms with Crippen molar-refractivity contribution in [2.75, 3.05) is 17.6 Å². The Hall–Kier alpha value is -1.69. The van der Waals surface area contributed by atoms with Crippen molar-refractivity contribution in [3.8, 4) is 6.07 Å². The molecule has 0 spiro atoms. The van der Waals surface area contributed by atoms with Crippen LogP contribution in [0.2, 0.25) is 0 Å². The van der Waals surface area contributed by atoms with E-state index in [0.29, 0.717) is 11.3 Å². The third-order valence-corrected chi connectivity index (χ3v) is 3.23. The third kappa shape index (κ3) is 2.46. The molecule has 0 radical (unpaired) electrons. The standard InChI is InChI=1S/C13H17N3/c1-9(10-2-3-10)8-16-12-5-4-11(7-14)13(15)6-12/h4-6,9-10,16H,2-3,8,15H2,1H3. The molecule has 1 fully saturated rings. The maximum absolute atomic E-state index is 8.76. The smallest absolute Gasteiger partial charge is 0.101 e. The van der Waals surface area contributed by atoms with Gasteiger partial charge in [0.1, 0.15) is 6.07 Å². The molecule has 0 saturated heterocycles. The van der Waals surface area contributed by atoms with E-state index in [1.807, 2.05) is 12.1 Å². The summed E-state index contributed by atoms with van der Waals surface area (Å²) in [5, 5.41) is 12.1. The van der Waals surface area contributed by atoms with E-state index in [-0.39, 0.29) is 0 Å². The van der Waals surface area contributed by atoms with Gasteiger partial charge in [-0.05, 0) is 42.9 Å². The predicted molar refractivity (Wildman–Crippen MR) is 65.9 cm³/mol. The number of nitrogen functional groups attached to an aromatic ring is 1. The molecule has 2 rings (SSSR count). The van der Waals surface area contributed by atoms with Crippen LogP contribution in [0.4, 0.5) is 11.4 Å². The molecule has 1 aromatic rings. The normalized spacial score (nSPS) is 16.5. The Morgan fingerprint density at radius 3 is 2.88 bits per heavy atom. The Kier molecular flexibility index (Phi) is 3.00. The molecule has 3 nitrogen and oxygen atoms in total. The summed E-state index contributed by atoms with van der Waals surface area (Å²) < 4.78 is 0. The minimum Gasteiger partial charge on any atom is -0.398 e. The van der Waals surface area contributed by atoms with Crippen LogP contribution in [0.25, 0.3) is 0 Å². The summed E-state index contributed by atoms with van der Waals surface area (Å²) in [7, 11) is 0. The van der Waals surface area contributed by atoms with Gasteiger partial charge < -0.3 is 11.1 Å². The highest BCUT2D eigenvalue weighted by atomic mass is 14.9. The Balaban J connectivity index is 1.94. The van der Waals surface area contributed by atoms with E-state index in [0.717, 1.165) is 24.1 Å². The van der Waals surface area contributed by atoms with Gasteiger partial charge in [-0.1, -0.05) is 6.92 Å². The fourth-order valence-corrected chi connectivity index (χ4v) is 1.89. The number of nitrogens with one attached hydrogen (secondary N) is 1. The summed E-state index contributed by atoms with van der Waals surface area (Å²) in [6.45, 7) is 3.26. The van der Waals surface area contributed by atoms with Gasteiger partial charge in [0.15, 0.2) is 0 Å². The van der Waals surface area contributed by atoms with Crippen molar-refractivity contribution in [2.24, 2.45) is 11.8 Å². The molecule has 1 saturated carbocycles. The highest BCUT2D eigenvalue weighted by Gasteiger charge is 2.27. The van der Waals surface area contributed by atoms with Gasteiger partial charge >= 0.3 is 0 Å². The molecule has 16 heavy (non-hydrogen) atoms. The van der Waals surface area contributed by atoms with Gasteiger partial charge in [-0.15, -0.1) is 0 Å². The quantitative estimate of drug-likeness (QED) is 0.759. The number of nitrogens with zero attached hydrogens (tertiary/aromatic N) is 1. The zero-order valence-electron chi connectivity index (χ0n) is 9.53. The lowest BCUT2D eigenvalue weighted by molar-refractivity contribution is 0.536. The number of rotatable bonds is 4. The van der Waals surface area contributed by atoms with Crippen molar-refractivity contribution in [2.45, 2.75) is 19.8 Å². The van der Waals surface area contributed by atoms with Crippen molar-refractivity contribution in [1.29, 1.82) is 5.26 Å². The van der Waals surface area contributed by atoms with E-state index >= 15 is 0 Å². The van der Waals surface area contributed by atoms with E-state index in [9.17, 15) is 0 Å². The Morgan fingerprint density at radius 2 is 2.31 bits per heavy atom. The topological polar surface area (TPSA) is 61.8 Å². The second kappa shape index (κ2) is 4.44. The van der Waals surface area contributed by atoms with E-state index in [2.05, 4.69) is 18.3 Å². The Labute approximate surface area is 96.3 Å². The molecular weight excluding hydrogens is 198 g/mol. The summed E-state index contributed by atoms with van der Waals surface area (Å²) in [6, 6.07) is 7.57. The van der Waals surface area contributed by atoms with E-state index in [1.165, 1.54) is 12.8 Å². The third-order valence-electron chi connectivity index (χ3n) is 3.23. The van der Waals surface area contributed by atoms with Crippen LogP contribution in [0.5, 0.6) is 0 Å². The van der Waals surface area contributed by atoms with Crippen LogP contribution in [0.15, 0.2) is 18.2 Å². The summed E-state index contributed by atoms with van der Waals surface area (Å²) in [5.41, 5.74) is 7.84. The van der Waals surface area contributed by atoms with Gasteiger partial charge in [0.2, 0.25) is 0 Å². The lowest BCUT2D eigenvalue weighted by atomic mass is 10.1. The first-order valence-electron chi connectivity index (χ1n) is 5.74. The van der Waals surface area contributed by atoms with Crippen LogP contribution in [0.3, 0.4) is 0 Å². The molecular formula is C13H17N3. The Morgan fingerprint density at radius 1 is 1.56 bits per heavy atom. The predicted octanol–water partition coefficient (Wildman–Crippen LogP) is 2.60. The van der Waals surface area contributed by atoms with Crippen molar-refractivity contribution in [1.82, 2.24) is 0 Å². The molecule has 0 bridgehead atoms. The number of nitrogens with two attached hydrogens (primary N) is 1. The first-order valence-corrected chi connectivity index (χ1v) is 5.74. The fourth-order valence-electron chi connectivity index (χ4n) is 1.89. The minimum atomic E-state index is 0.542. The first-order chi connectivity index (χ1) is 7.70. The monoisotopic (exact) mass is 215 g/mol. The van der Waals surface area contributed by atoms with Crippen molar-refractivity contribution in [3.63, 3.8) is 0 Å². The van der Waals surface area contributed by atoms with Gasteiger partial charge in [0.05, 0.1) is 11.3 Å². The maximum Gasteiger partial charge on any atom is 0.101 e. The Bertz CT molecular complexity index is 416. The minimum absolute atomic E-state index is 0.542. The van der Waals surface area contributed by atoms with Gasteiger partial charge in [-0.25, -0.2) is 0 Å². The molecule has 84 valence electrons. The zero-order valence-corrected chi connectivity index (χ0v) is 9.53. The van der Waals surface area contributed by atoms with Gasteiger partial charge in [-0.3, -0.25) is 0 Å². The maximum atomic E-state index is 8.76. The molecule has 1 atom stereocenters. The van der Waals surface area contributed by atoms with Crippen LogP contribution >= 0.6 is 0 Å². The summed E-state index contributed by atoms with van der Waals surface area (Å²) >= 11 is 0. The fraction of sp³-hybridized carbons (Fsp3) is 0.462. The first kappa shape index (κ1) is 10.8. The second-order valence-electron chi connectivity index (χ2n) is 4.61. The SMILES string of the molecule is CC(CNc1ccc(C#N)c(N)c1)C1CC1. The molecule has 0 amide bonds. The van der Waals surface area contributed by atoms with Crippen molar-refractivity contribution >= 4 is 11.4 Å². The van der Waals surface area contributed by atoms with Crippen molar-refractivity contribution < 1.29 is 0 Å². The second-order valence-corrected chi connectivity index (χ2v) is 4.61. The molecule has 1 aliphatic carbocycles. The number of hydrogen-bond acceptors (Lipinski definition) is 3. The summed E-state index contributed by atoms with van der Waals surface area (Å²) in [5.74, 6) is 1.63. The molecule has 3 N–H and O–H groups in total. The average Bonchev–Trinajstić information content (AvgIpc) is 3.10. The number of nitriles is 1. The molecule has 1 aromatic carbocycles.